The third-order valence-corrected chi connectivity index (χ3v) is 1.89. The van der Waals surface area contributed by atoms with Crippen molar-refractivity contribution in [3.8, 4) is 0 Å². The van der Waals surface area contributed by atoms with Crippen molar-refractivity contribution in [2.24, 2.45) is 0 Å². The van der Waals surface area contributed by atoms with Crippen molar-refractivity contribution in [1.82, 2.24) is 0 Å². The molecule has 0 spiro atoms. The molecule has 2 aromatic heterocycles. The fourth-order valence-corrected chi connectivity index (χ4v) is 1.18. The van der Waals surface area contributed by atoms with Crippen molar-refractivity contribution in [2.45, 2.75) is 0 Å². The molecule has 2 aromatic rings. The van der Waals surface area contributed by atoms with Crippen molar-refractivity contribution >= 4 is 22.7 Å². The summed E-state index contributed by atoms with van der Waals surface area (Å²) in [5, 5.41) is 9.78. The van der Waals surface area contributed by atoms with Gasteiger partial charge in [0.1, 0.15) is 0 Å². The minimum atomic E-state index is 0. The summed E-state index contributed by atoms with van der Waals surface area (Å²) in [5.74, 6) is 0. The minimum Gasteiger partial charge on any atom is -0.304 e. The molecule has 0 atom stereocenters. The van der Waals surface area contributed by atoms with Crippen LogP contribution in [-0.2, 0) is 17.1 Å². The molecule has 0 N–H and O–H groups in total. The van der Waals surface area contributed by atoms with Crippen molar-refractivity contribution in [3.63, 3.8) is 0 Å². The SMILES string of the molecule is [Cu+2].[c-]1cccs1.[c-]1cccs1. The van der Waals surface area contributed by atoms with Gasteiger partial charge in [-0.25, -0.2) is 12.1 Å². The van der Waals surface area contributed by atoms with Crippen LogP contribution in [0.4, 0.5) is 0 Å². The van der Waals surface area contributed by atoms with Gasteiger partial charge in [-0.05, 0) is 0 Å². The number of hydrogen-bond donors (Lipinski definition) is 0. The summed E-state index contributed by atoms with van der Waals surface area (Å²) < 4.78 is 0. The van der Waals surface area contributed by atoms with E-state index >= 15 is 0 Å². The summed E-state index contributed by atoms with van der Waals surface area (Å²) in [6, 6.07) is 7.71. The second kappa shape index (κ2) is 8.02. The Morgan fingerprint density at radius 1 is 0.818 bits per heavy atom. The smallest absolute Gasteiger partial charge is 0.304 e. The van der Waals surface area contributed by atoms with Crippen molar-refractivity contribution in [3.05, 3.63) is 45.8 Å². The van der Waals surface area contributed by atoms with E-state index in [1.165, 1.54) is 0 Å². The van der Waals surface area contributed by atoms with Crippen LogP contribution in [-0.4, -0.2) is 0 Å². The van der Waals surface area contributed by atoms with Gasteiger partial charge in [-0.1, -0.05) is 0 Å². The first-order valence-electron chi connectivity index (χ1n) is 2.79. The number of rotatable bonds is 0. The van der Waals surface area contributed by atoms with Crippen LogP contribution in [0.2, 0.25) is 0 Å². The van der Waals surface area contributed by atoms with E-state index in [2.05, 4.69) is 10.8 Å². The topological polar surface area (TPSA) is 0 Å². The third kappa shape index (κ3) is 6.32. The molecule has 0 saturated heterocycles. The first kappa shape index (κ1) is 10.9. The van der Waals surface area contributed by atoms with Gasteiger partial charge >= 0.3 is 17.1 Å². The van der Waals surface area contributed by atoms with Crippen molar-refractivity contribution in [2.75, 3.05) is 0 Å². The molecule has 0 aliphatic carbocycles. The number of hydrogen-bond acceptors (Lipinski definition) is 2. The molecule has 0 aliphatic rings. The van der Waals surface area contributed by atoms with Gasteiger partial charge in [0.15, 0.2) is 0 Å². The Morgan fingerprint density at radius 2 is 1.27 bits per heavy atom. The molecular formula is C8H6CuS2. The molecule has 0 fully saturated rings. The normalized spacial score (nSPS) is 7.27. The second-order valence-corrected chi connectivity index (χ2v) is 2.95. The minimum absolute atomic E-state index is 0. The van der Waals surface area contributed by atoms with Crippen LogP contribution >= 0.6 is 22.7 Å². The van der Waals surface area contributed by atoms with Gasteiger partial charge < -0.3 is 22.7 Å². The van der Waals surface area contributed by atoms with Crippen LogP contribution in [0.25, 0.3) is 0 Å². The van der Waals surface area contributed by atoms with Gasteiger partial charge in [0.2, 0.25) is 0 Å². The molecular weight excluding hydrogens is 224 g/mol. The average Bonchev–Trinajstić information content (AvgIpc) is 2.67. The Balaban J connectivity index is 0.000000167. The van der Waals surface area contributed by atoms with E-state index in [1.807, 2.05) is 35.0 Å². The van der Waals surface area contributed by atoms with Crippen LogP contribution in [0.15, 0.2) is 35.0 Å². The maximum absolute atomic E-state index is 2.90. The maximum Gasteiger partial charge on any atom is 2.00 e. The summed E-state index contributed by atoms with van der Waals surface area (Å²) in [4.78, 5) is 0. The maximum atomic E-state index is 2.90. The molecule has 61 valence electrons. The van der Waals surface area contributed by atoms with Crippen LogP contribution < -0.4 is 0 Å². The zero-order valence-electron chi connectivity index (χ0n) is 5.58. The van der Waals surface area contributed by atoms with Gasteiger partial charge in [-0.2, -0.15) is 22.9 Å². The summed E-state index contributed by atoms with van der Waals surface area (Å²) in [5.41, 5.74) is 0. The van der Waals surface area contributed by atoms with Gasteiger partial charge in [-0.3, -0.25) is 0 Å². The van der Waals surface area contributed by atoms with E-state index in [0.717, 1.165) is 0 Å². The van der Waals surface area contributed by atoms with E-state index < -0.39 is 0 Å². The first-order chi connectivity index (χ1) is 5.00. The van der Waals surface area contributed by atoms with Crippen LogP contribution in [0.3, 0.4) is 0 Å². The predicted molar refractivity (Wildman–Crippen MR) is 46.3 cm³/mol. The number of thiophene rings is 2. The second-order valence-electron chi connectivity index (χ2n) is 1.46. The molecule has 0 aromatic carbocycles. The monoisotopic (exact) mass is 229 g/mol. The van der Waals surface area contributed by atoms with Gasteiger partial charge in [0.25, 0.3) is 0 Å². The van der Waals surface area contributed by atoms with Crippen molar-refractivity contribution < 1.29 is 17.1 Å². The predicted octanol–water partition coefficient (Wildman–Crippen LogP) is 3.09. The molecule has 0 bridgehead atoms. The Bertz CT molecular complexity index is 151. The van der Waals surface area contributed by atoms with Crippen LogP contribution in [0, 0.1) is 10.8 Å². The molecule has 0 aliphatic heterocycles. The van der Waals surface area contributed by atoms with Crippen molar-refractivity contribution in [1.29, 1.82) is 0 Å². The van der Waals surface area contributed by atoms with E-state index in [1.54, 1.807) is 22.7 Å². The zero-order chi connectivity index (χ0) is 7.07. The Labute approximate surface area is 85.4 Å². The first-order valence-corrected chi connectivity index (χ1v) is 4.55. The van der Waals surface area contributed by atoms with Crippen LogP contribution in [0.1, 0.15) is 0 Å². The average molecular weight is 230 g/mol. The fourth-order valence-electron chi connectivity index (χ4n) is 0.393. The van der Waals surface area contributed by atoms with Gasteiger partial charge in [0.05, 0.1) is 0 Å². The van der Waals surface area contributed by atoms with E-state index in [9.17, 15) is 0 Å². The molecule has 11 heavy (non-hydrogen) atoms. The van der Waals surface area contributed by atoms with Crippen LogP contribution in [0.5, 0.6) is 0 Å². The Morgan fingerprint density at radius 3 is 1.36 bits per heavy atom. The molecule has 3 heteroatoms. The third-order valence-electron chi connectivity index (χ3n) is 0.758. The molecule has 0 nitrogen and oxygen atoms in total. The molecule has 0 unspecified atom stereocenters. The Kier molecular flexibility index (Phi) is 7.96. The van der Waals surface area contributed by atoms with Gasteiger partial charge in [-0.15, -0.1) is 10.8 Å². The summed E-state index contributed by atoms with van der Waals surface area (Å²) >= 11 is 3.18. The van der Waals surface area contributed by atoms with E-state index in [0.29, 0.717) is 0 Å². The van der Waals surface area contributed by atoms with E-state index in [4.69, 9.17) is 0 Å². The van der Waals surface area contributed by atoms with Gasteiger partial charge in [0, 0.05) is 0 Å². The molecule has 0 amide bonds. The zero-order valence-corrected chi connectivity index (χ0v) is 8.16. The fraction of sp³-hybridized carbons (Fsp3) is 0. The summed E-state index contributed by atoms with van der Waals surface area (Å²) in [6.07, 6.45) is 0. The molecule has 2 heterocycles. The largest absolute Gasteiger partial charge is 2.00 e. The molecule has 1 radical (unpaired) electrons. The quantitative estimate of drug-likeness (QED) is 0.481. The molecule has 0 saturated carbocycles. The standard InChI is InChI=1S/2C4H3S.Cu/c2*1-2-4-5-3-1;/h2*1-3H;/q2*-1;+2. The van der Waals surface area contributed by atoms with E-state index in [-0.39, 0.29) is 17.1 Å². The summed E-state index contributed by atoms with van der Waals surface area (Å²) in [6.45, 7) is 0. The summed E-state index contributed by atoms with van der Waals surface area (Å²) in [7, 11) is 0. The molecule has 2 rings (SSSR count). The Hall–Kier alpha value is -0.0805.